The minimum absolute atomic E-state index is 0.138. The van der Waals surface area contributed by atoms with Gasteiger partial charge in [-0.1, -0.05) is 12.1 Å². The molecule has 0 saturated heterocycles. The van der Waals surface area contributed by atoms with Gasteiger partial charge in [-0.05, 0) is 56.2 Å². The summed E-state index contributed by atoms with van der Waals surface area (Å²) in [7, 11) is 3.28. The molecule has 0 bridgehead atoms. The molecule has 4 nitrogen and oxygen atoms in total. The average molecular weight is 307 g/mol. The Bertz CT molecular complexity index is 820. The van der Waals surface area contributed by atoms with Gasteiger partial charge in [-0.25, -0.2) is 0 Å². The number of carbonyl (C=O) groups is 1. The zero-order chi connectivity index (χ0) is 17.1. The van der Waals surface area contributed by atoms with Gasteiger partial charge in [-0.3, -0.25) is 4.79 Å². The minimum atomic E-state index is -0.284. The fourth-order valence-corrected chi connectivity index (χ4v) is 2.64. The maximum atomic E-state index is 12.0. The molecule has 0 spiro atoms. The smallest absolute Gasteiger partial charge is 0.264 e. The highest BCUT2D eigenvalue weighted by Gasteiger charge is 2.14. The van der Waals surface area contributed by atoms with Gasteiger partial charge in [0.05, 0.1) is 0 Å². The van der Waals surface area contributed by atoms with E-state index in [1.807, 2.05) is 32.0 Å². The summed E-state index contributed by atoms with van der Waals surface area (Å²) in [4.78, 5) is 13.4. The van der Waals surface area contributed by atoms with Crippen molar-refractivity contribution in [2.24, 2.45) is 0 Å². The first-order chi connectivity index (χ1) is 10.8. The standard InChI is InChI=1S/C19H21N3O/c1-13-7-6-8-18(9-13)22-14(2)10-16(15(22)3)11-17(12-20)19(23)21(4)5/h6-11H,1-5H3/b17-11-. The minimum Gasteiger partial charge on any atom is -0.344 e. The third-order valence-electron chi connectivity index (χ3n) is 3.79. The number of carbonyl (C=O) groups excluding carboxylic acids is 1. The average Bonchev–Trinajstić information content (AvgIpc) is 2.78. The Morgan fingerprint density at radius 1 is 1.22 bits per heavy atom. The fraction of sp³-hybridized carbons (Fsp3) is 0.263. The van der Waals surface area contributed by atoms with Crippen molar-refractivity contribution in [3.05, 3.63) is 58.4 Å². The summed E-state index contributed by atoms with van der Waals surface area (Å²) in [5, 5.41) is 9.25. The maximum absolute atomic E-state index is 12.0. The second kappa shape index (κ2) is 6.53. The zero-order valence-electron chi connectivity index (χ0n) is 14.2. The van der Waals surface area contributed by atoms with Gasteiger partial charge in [-0.15, -0.1) is 0 Å². The van der Waals surface area contributed by atoms with Gasteiger partial charge in [-0.2, -0.15) is 5.26 Å². The van der Waals surface area contributed by atoms with Crippen LogP contribution < -0.4 is 0 Å². The van der Waals surface area contributed by atoms with Gasteiger partial charge >= 0.3 is 0 Å². The highest BCUT2D eigenvalue weighted by molar-refractivity contribution is 6.01. The number of amides is 1. The fourth-order valence-electron chi connectivity index (χ4n) is 2.64. The summed E-state index contributed by atoms with van der Waals surface area (Å²) in [5.74, 6) is -0.284. The van der Waals surface area contributed by atoms with Crippen molar-refractivity contribution >= 4 is 12.0 Å². The number of hydrogen-bond donors (Lipinski definition) is 0. The Balaban J connectivity index is 2.54. The van der Waals surface area contributed by atoms with Crippen LogP contribution in [0, 0.1) is 32.1 Å². The molecule has 0 aliphatic rings. The number of benzene rings is 1. The monoisotopic (exact) mass is 307 g/mol. The van der Waals surface area contributed by atoms with Crippen LogP contribution >= 0.6 is 0 Å². The first kappa shape index (κ1) is 16.6. The summed E-state index contributed by atoms with van der Waals surface area (Å²) >= 11 is 0. The Labute approximate surface area is 137 Å². The lowest BCUT2D eigenvalue weighted by molar-refractivity contribution is -0.124. The van der Waals surface area contributed by atoms with Gasteiger partial charge in [0, 0.05) is 31.2 Å². The van der Waals surface area contributed by atoms with Crippen LogP contribution in [0.1, 0.15) is 22.5 Å². The number of hydrogen-bond acceptors (Lipinski definition) is 2. The molecule has 0 saturated carbocycles. The first-order valence-corrected chi connectivity index (χ1v) is 7.44. The Morgan fingerprint density at radius 3 is 2.48 bits per heavy atom. The third kappa shape index (κ3) is 3.35. The van der Waals surface area contributed by atoms with E-state index in [2.05, 4.69) is 29.7 Å². The quantitative estimate of drug-likeness (QED) is 0.644. The number of rotatable bonds is 3. The van der Waals surface area contributed by atoms with Crippen molar-refractivity contribution in [3.63, 3.8) is 0 Å². The molecule has 2 rings (SSSR count). The Morgan fingerprint density at radius 2 is 1.91 bits per heavy atom. The second-order valence-electron chi connectivity index (χ2n) is 5.87. The molecule has 2 aromatic rings. The molecule has 0 radical (unpaired) electrons. The maximum Gasteiger partial charge on any atom is 0.264 e. The first-order valence-electron chi connectivity index (χ1n) is 7.44. The van der Waals surface area contributed by atoms with Crippen molar-refractivity contribution in [3.8, 4) is 11.8 Å². The predicted molar refractivity (Wildman–Crippen MR) is 92.3 cm³/mol. The van der Waals surface area contributed by atoms with E-state index in [9.17, 15) is 10.1 Å². The van der Waals surface area contributed by atoms with Crippen LogP contribution in [-0.2, 0) is 4.79 Å². The van der Waals surface area contributed by atoms with Crippen molar-refractivity contribution in [1.82, 2.24) is 9.47 Å². The van der Waals surface area contributed by atoms with Gasteiger partial charge < -0.3 is 9.47 Å². The molecule has 0 atom stereocenters. The Hall–Kier alpha value is -2.80. The van der Waals surface area contributed by atoms with E-state index in [-0.39, 0.29) is 11.5 Å². The molecule has 0 aliphatic heterocycles. The van der Waals surface area contributed by atoms with Crippen LogP contribution in [0.4, 0.5) is 0 Å². The summed E-state index contributed by atoms with van der Waals surface area (Å²) in [6, 6.07) is 12.2. The third-order valence-corrected chi connectivity index (χ3v) is 3.79. The lowest BCUT2D eigenvalue weighted by Crippen LogP contribution is -2.22. The number of nitrogens with zero attached hydrogens (tertiary/aromatic N) is 3. The summed E-state index contributed by atoms with van der Waals surface area (Å²) in [5.41, 5.74) is 5.36. The Kier molecular flexibility index (Phi) is 4.71. The summed E-state index contributed by atoms with van der Waals surface area (Å²) < 4.78 is 2.13. The molecule has 118 valence electrons. The molecule has 1 aromatic carbocycles. The van der Waals surface area contributed by atoms with Gasteiger partial charge in [0.2, 0.25) is 0 Å². The van der Waals surface area contributed by atoms with E-state index in [0.717, 1.165) is 22.6 Å². The van der Waals surface area contributed by atoms with Gasteiger partial charge in [0.25, 0.3) is 5.91 Å². The lowest BCUT2D eigenvalue weighted by atomic mass is 10.1. The predicted octanol–water partition coefficient (Wildman–Crippen LogP) is 3.40. The van der Waals surface area contributed by atoms with Crippen LogP contribution in [0.15, 0.2) is 35.9 Å². The lowest BCUT2D eigenvalue weighted by Gasteiger charge is -2.11. The zero-order valence-corrected chi connectivity index (χ0v) is 14.2. The van der Waals surface area contributed by atoms with Crippen molar-refractivity contribution in [2.75, 3.05) is 14.1 Å². The molecule has 23 heavy (non-hydrogen) atoms. The number of nitriles is 1. The van der Waals surface area contributed by atoms with Crippen molar-refractivity contribution < 1.29 is 4.79 Å². The van der Waals surface area contributed by atoms with Crippen LogP contribution in [0.3, 0.4) is 0 Å². The van der Waals surface area contributed by atoms with E-state index in [1.54, 1.807) is 20.2 Å². The highest BCUT2D eigenvalue weighted by atomic mass is 16.2. The van der Waals surface area contributed by atoms with Gasteiger partial charge in [0.15, 0.2) is 0 Å². The largest absolute Gasteiger partial charge is 0.344 e. The van der Waals surface area contributed by atoms with Crippen LogP contribution in [0.25, 0.3) is 11.8 Å². The summed E-state index contributed by atoms with van der Waals surface area (Å²) in [6.07, 6.45) is 1.66. The molecule has 4 heteroatoms. The normalized spacial score (nSPS) is 11.2. The molecule has 1 amide bonds. The van der Waals surface area contributed by atoms with Crippen LogP contribution in [0.5, 0.6) is 0 Å². The number of aromatic nitrogens is 1. The van der Waals surface area contributed by atoms with E-state index in [1.165, 1.54) is 10.5 Å². The topological polar surface area (TPSA) is 49.0 Å². The number of likely N-dealkylation sites (N-methyl/N-ethyl adjacent to an activating group) is 1. The van der Waals surface area contributed by atoms with E-state index >= 15 is 0 Å². The van der Waals surface area contributed by atoms with Crippen LogP contribution in [0.2, 0.25) is 0 Å². The molecule has 0 fully saturated rings. The molecule has 0 N–H and O–H groups in total. The van der Waals surface area contributed by atoms with E-state index < -0.39 is 0 Å². The summed E-state index contributed by atoms with van der Waals surface area (Å²) in [6.45, 7) is 6.07. The number of aryl methyl sites for hydroxylation is 2. The van der Waals surface area contributed by atoms with E-state index in [0.29, 0.717) is 0 Å². The molecule has 0 unspecified atom stereocenters. The molecular weight excluding hydrogens is 286 g/mol. The van der Waals surface area contributed by atoms with Crippen LogP contribution in [-0.4, -0.2) is 29.5 Å². The SMILES string of the molecule is Cc1cccc(-n2c(C)cc(/C=C(/C#N)C(=O)N(C)C)c2C)c1. The molecule has 1 heterocycles. The molecule has 1 aromatic heterocycles. The molecular formula is C19H21N3O. The van der Waals surface area contributed by atoms with Crippen molar-refractivity contribution in [2.45, 2.75) is 20.8 Å². The van der Waals surface area contributed by atoms with Crippen molar-refractivity contribution in [1.29, 1.82) is 5.26 Å². The van der Waals surface area contributed by atoms with Gasteiger partial charge in [0.1, 0.15) is 11.6 Å². The second-order valence-corrected chi connectivity index (χ2v) is 5.87. The van der Waals surface area contributed by atoms with E-state index in [4.69, 9.17) is 0 Å². The highest BCUT2D eigenvalue weighted by Crippen LogP contribution is 2.23. The molecule has 0 aliphatic carbocycles.